The highest BCUT2D eigenvalue weighted by Gasteiger charge is 2.45. The van der Waals surface area contributed by atoms with Crippen molar-refractivity contribution in [3.63, 3.8) is 0 Å². The van der Waals surface area contributed by atoms with Gasteiger partial charge in [0, 0.05) is 12.7 Å². The number of rotatable bonds is 7. The van der Waals surface area contributed by atoms with Crippen LogP contribution >= 0.6 is 0 Å². The highest BCUT2D eigenvalue weighted by atomic mass is 16.5. The molecule has 3 amide bonds. The largest absolute Gasteiger partial charge is 0.454 e. The molecule has 7 nitrogen and oxygen atoms in total. The van der Waals surface area contributed by atoms with Crippen molar-refractivity contribution in [2.45, 2.75) is 26.3 Å². The molecule has 0 aliphatic carbocycles. The first-order valence-corrected chi connectivity index (χ1v) is 9.82. The molecule has 0 radical (unpaired) electrons. The van der Waals surface area contributed by atoms with Gasteiger partial charge in [-0.2, -0.15) is 0 Å². The maximum absolute atomic E-state index is 12.9. The first-order valence-electron chi connectivity index (χ1n) is 9.82. The molecule has 2 atom stereocenters. The number of carbonyl (C=O) groups excluding carboxylic acids is 4. The van der Waals surface area contributed by atoms with Gasteiger partial charge in [0.05, 0.1) is 11.1 Å². The zero-order valence-electron chi connectivity index (χ0n) is 17.2. The van der Waals surface area contributed by atoms with Crippen LogP contribution in [-0.4, -0.2) is 48.3 Å². The van der Waals surface area contributed by atoms with Crippen molar-refractivity contribution in [1.82, 2.24) is 4.90 Å². The van der Waals surface area contributed by atoms with Gasteiger partial charge in [-0.05, 0) is 30.2 Å². The summed E-state index contributed by atoms with van der Waals surface area (Å²) in [7, 11) is 1.59. The van der Waals surface area contributed by atoms with E-state index in [1.165, 1.54) is 4.90 Å². The number of nitrogens with zero attached hydrogens (tertiary/aromatic N) is 2. The summed E-state index contributed by atoms with van der Waals surface area (Å²) in [4.78, 5) is 53.3. The van der Waals surface area contributed by atoms with E-state index in [-0.39, 0.29) is 17.0 Å². The third kappa shape index (κ3) is 3.96. The summed E-state index contributed by atoms with van der Waals surface area (Å²) >= 11 is 0. The van der Waals surface area contributed by atoms with Crippen LogP contribution in [0.5, 0.6) is 0 Å². The average Bonchev–Trinajstić information content (AvgIpc) is 3.03. The molecule has 0 saturated heterocycles. The van der Waals surface area contributed by atoms with Crippen LogP contribution in [0, 0.1) is 5.92 Å². The number of ether oxygens (including phenoxy) is 1. The molecule has 1 aliphatic heterocycles. The van der Waals surface area contributed by atoms with E-state index >= 15 is 0 Å². The molecule has 0 bridgehead atoms. The number of imide groups is 1. The van der Waals surface area contributed by atoms with E-state index in [9.17, 15) is 19.2 Å². The van der Waals surface area contributed by atoms with E-state index in [0.717, 1.165) is 4.90 Å². The van der Waals surface area contributed by atoms with Gasteiger partial charge in [0.1, 0.15) is 6.04 Å². The molecule has 2 aromatic rings. The molecule has 0 unspecified atom stereocenters. The fourth-order valence-electron chi connectivity index (χ4n) is 3.39. The van der Waals surface area contributed by atoms with Gasteiger partial charge in [-0.15, -0.1) is 0 Å². The Balaban J connectivity index is 1.75. The second-order valence-corrected chi connectivity index (χ2v) is 7.25. The van der Waals surface area contributed by atoms with Crippen LogP contribution in [0.15, 0.2) is 54.6 Å². The number of benzene rings is 2. The van der Waals surface area contributed by atoms with Gasteiger partial charge >= 0.3 is 5.97 Å². The number of fused-ring (bicyclic) bond motifs is 1. The average molecular weight is 408 g/mol. The van der Waals surface area contributed by atoms with Crippen LogP contribution in [0.4, 0.5) is 5.69 Å². The van der Waals surface area contributed by atoms with Crippen LogP contribution in [-0.2, 0) is 14.3 Å². The van der Waals surface area contributed by atoms with Crippen molar-refractivity contribution in [1.29, 1.82) is 0 Å². The summed E-state index contributed by atoms with van der Waals surface area (Å²) in [6.45, 7) is 3.14. The molecule has 0 saturated carbocycles. The Bertz CT molecular complexity index is 938. The summed E-state index contributed by atoms with van der Waals surface area (Å²) in [6, 6.07) is 14.3. The lowest BCUT2D eigenvalue weighted by molar-refractivity contribution is -0.153. The predicted molar refractivity (Wildman–Crippen MR) is 111 cm³/mol. The van der Waals surface area contributed by atoms with Gasteiger partial charge < -0.3 is 9.64 Å². The normalized spacial score (nSPS) is 14.8. The zero-order chi connectivity index (χ0) is 21.8. The number of carbonyl (C=O) groups is 4. The highest BCUT2D eigenvalue weighted by molar-refractivity contribution is 6.22. The number of hydrogen-bond acceptors (Lipinski definition) is 5. The molecule has 1 heterocycles. The van der Waals surface area contributed by atoms with Crippen LogP contribution in [0.3, 0.4) is 0 Å². The third-order valence-corrected chi connectivity index (χ3v) is 5.38. The smallest absolute Gasteiger partial charge is 0.330 e. The Morgan fingerprint density at radius 1 is 0.967 bits per heavy atom. The van der Waals surface area contributed by atoms with Crippen LogP contribution in [0.2, 0.25) is 0 Å². The zero-order valence-corrected chi connectivity index (χ0v) is 17.2. The number of para-hydroxylation sites is 1. The summed E-state index contributed by atoms with van der Waals surface area (Å²) < 4.78 is 5.26. The number of hydrogen-bond donors (Lipinski definition) is 0. The lowest BCUT2D eigenvalue weighted by Crippen LogP contribution is -2.49. The van der Waals surface area contributed by atoms with Gasteiger partial charge in [-0.25, -0.2) is 4.79 Å². The number of anilines is 1. The summed E-state index contributed by atoms with van der Waals surface area (Å²) in [5.41, 5.74) is 1.20. The minimum Gasteiger partial charge on any atom is -0.454 e. The molecule has 7 heteroatoms. The van der Waals surface area contributed by atoms with E-state index in [4.69, 9.17) is 4.74 Å². The summed E-state index contributed by atoms with van der Waals surface area (Å²) in [5, 5.41) is 0. The van der Waals surface area contributed by atoms with E-state index < -0.39 is 36.3 Å². The number of esters is 1. The van der Waals surface area contributed by atoms with Gasteiger partial charge in [-0.1, -0.05) is 50.6 Å². The quantitative estimate of drug-likeness (QED) is 0.520. The van der Waals surface area contributed by atoms with E-state index in [1.54, 1.807) is 62.5 Å². The fourth-order valence-corrected chi connectivity index (χ4v) is 3.39. The van der Waals surface area contributed by atoms with Crippen LogP contribution in [0.1, 0.15) is 41.0 Å². The Hall–Kier alpha value is -3.48. The first-order chi connectivity index (χ1) is 14.4. The van der Waals surface area contributed by atoms with Gasteiger partial charge in [0.15, 0.2) is 6.61 Å². The molecule has 0 N–H and O–H groups in total. The van der Waals surface area contributed by atoms with E-state index in [1.807, 2.05) is 13.0 Å². The Kier molecular flexibility index (Phi) is 6.30. The Morgan fingerprint density at radius 2 is 1.50 bits per heavy atom. The molecule has 3 rings (SSSR count). The van der Waals surface area contributed by atoms with Crippen molar-refractivity contribution in [3.05, 3.63) is 65.7 Å². The maximum atomic E-state index is 12.9. The molecule has 156 valence electrons. The van der Waals surface area contributed by atoms with Crippen LogP contribution < -0.4 is 4.90 Å². The van der Waals surface area contributed by atoms with Crippen LogP contribution in [0.25, 0.3) is 0 Å². The molecule has 30 heavy (non-hydrogen) atoms. The molecular weight excluding hydrogens is 384 g/mol. The Labute approximate surface area is 175 Å². The predicted octanol–water partition coefficient (Wildman–Crippen LogP) is 2.90. The van der Waals surface area contributed by atoms with Crippen molar-refractivity contribution in [2.24, 2.45) is 5.92 Å². The van der Waals surface area contributed by atoms with Gasteiger partial charge in [-0.3, -0.25) is 19.3 Å². The molecule has 0 aromatic heterocycles. The standard InChI is InChI=1S/C23H24N2O5/c1-4-15(2)20(25-21(27)17-12-8-9-13-18(17)22(25)28)23(29)30-14-19(26)24(3)16-10-6-5-7-11-16/h5-13,15,20H,4,14H2,1-3H3/t15-,20-/m0/s1. The SMILES string of the molecule is CC[C@H](C)[C@@H](C(=O)OCC(=O)N(C)c1ccccc1)N1C(=O)c2ccccc2C1=O. The topological polar surface area (TPSA) is 84.0 Å². The first kappa shape index (κ1) is 21.2. The lowest BCUT2D eigenvalue weighted by Gasteiger charge is -2.29. The van der Waals surface area contributed by atoms with Crippen molar-refractivity contribution >= 4 is 29.4 Å². The maximum Gasteiger partial charge on any atom is 0.330 e. The summed E-state index contributed by atoms with van der Waals surface area (Å²) in [6.07, 6.45) is 0.547. The van der Waals surface area contributed by atoms with Crippen molar-refractivity contribution in [3.8, 4) is 0 Å². The molecule has 0 spiro atoms. The number of likely N-dealkylation sites (N-methyl/N-ethyl adjacent to an activating group) is 1. The number of amides is 3. The molecule has 2 aromatic carbocycles. The summed E-state index contributed by atoms with van der Waals surface area (Å²) in [5.74, 6) is -2.56. The van der Waals surface area contributed by atoms with Gasteiger partial charge in [0.25, 0.3) is 17.7 Å². The lowest BCUT2D eigenvalue weighted by atomic mass is 9.97. The second kappa shape index (κ2) is 8.90. The second-order valence-electron chi connectivity index (χ2n) is 7.25. The minimum absolute atomic E-state index is 0.267. The van der Waals surface area contributed by atoms with Crippen molar-refractivity contribution in [2.75, 3.05) is 18.6 Å². The molecule has 1 aliphatic rings. The fraction of sp³-hybridized carbons (Fsp3) is 0.304. The monoisotopic (exact) mass is 408 g/mol. The molecule has 0 fully saturated rings. The molecular formula is C23H24N2O5. The highest BCUT2D eigenvalue weighted by Crippen LogP contribution is 2.28. The van der Waals surface area contributed by atoms with E-state index in [2.05, 4.69) is 0 Å². The third-order valence-electron chi connectivity index (χ3n) is 5.38. The van der Waals surface area contributed by atoms with Gasteiger partial charge in [0.2, 0.25) is 0 Å². The Morgan fingerprint density at radius 3 is 2.03 bits per heavy atom. The minimum atomic E-state index is -1.10. The van der Waals surface area contributed by atoms with Crippen molar-refractivity contribution < 1.29 is 23.9 Å². The van der Waals surface area contributed by atoms with E-state index in [0.29, 0.717) is 12.1 Å².